The van der Waals surface area contributed by atoms with Crippen LogP contribution in [0.15, 0.2) is 48.5 Å². The second-order valence-electron chi connectivity index (χ2n) is 5.07. The Hall–Kier alpha value is -3.10. The number of alkyl halides is 5. The summed E-state index contributed by atoms with van der Waals surface area (Å²) < 4.78 is 65.5. The molecule has 2 aromatic rings. The van der Waals surface area contributed by atoms with E-state index in [9.17, 15) is 26.7 Å². The normalized spacial score (nSPS) is 12.2. The molecule has 2 rings (SSSR count). The molecule has 0 bridgehead atoms. The minimum Gasteiger partial charge on any atom is -0.465 e. The second kappa shape index (κ2) is 7.42. The van der Waals surface area contributed by atoms with Crippen molar-refractivity contribution in [1.29, 1.82) is 0 Å². The van der Waals surface area contributed by atoms with Crippen molar-refractivity contribution in [3.05, 3.63) is 59.7 Å². The van der Waals surface area contributed by atoms with Gasteiger partial charge < -0.3 is 9.84 Å². The lowest BCUT2D eigenvalue weighted by atomic mass is 10.1. The molecule has 2 aromatic carbocycles. The van der Waals surface area contributed by atoms with Gasteiger partial charge in [-0.2, -0.15) is 22.0 Å². The summed E-state index contributed by atoms with van der Waals surface area (Å²) in [5.74, 6) is -0.617. The molecule has 4 nitrogen and oxygen atoms in total. The first-order valence-corrected chi connectivity index (χ1v) is 7.08. The molecule has 0 aliphatic rings. The third-order valence-corrected chi connectivity index (χ3v) is 3.09. The van der Waals surface area contributed by atoms with Crippen LogP contribution >= 0.6 is 0 Å². The van der Waals surface area contributed by atoms with Crippen LogP contribution in [0.1, 0.15) is 11.1 Å². The van der Waals surface area contributed by atoms with E-state index in [1.54, 1.807) is 36.4 Å². The quantitative estimate of drug-likeness (QED) is 0.539. The molecule has 1 amide bonds. The van der Waals surface area contributed by atoms with Gasteiger partial charge in [-0.25, -0.2) is 4.79 Å². The largest absolute Gasteiger partial charge is 0.499 e. The van der Waals surface area contributed by atoms with Gasteiger partial charge in [-0.15, -0.1) is 0 Å². The molecule has 0 saturated carbocycles. The van der Waals surface area contributed by atoms with Crippen molar-refractivity contribution in [1.82, 2.24) is 0 Å². The first-order valence-electron chi connectivity index (χ1n) is 7.08. The first kappa shape index (κ1) is 19.2. The third kappa shape index (κ3) is 5.20. The van der Waals surface area contributed by atoms with Gasteiger partial charge in [-0.3, -0.25) is 5.32 Å². The second-order valence-corrected chi connectivity index (χ2v) is 5.07. The van der Waals surface area contributed by atoms with Crippen LogP contribution in [0.3, 0.4) is 0 Å². The highest BCUT2D eigenvalue weighted by atomic mass is 19.4. The fourth-order valence-corrected chi connectivity index (χ4v) is 1.85. The van der Waals surface area contributed by atoms with Gasteiger partial charge in [-0.1, -0.05) is 36.4 Å². The third-order valence-electron chi connectivity index (χ3n) is 3.09. The number of carbonyl (C=O) groups is 1. The van der Waals surface area contributed by atoms with Gasteiger partial charge in [-0.05, 0) is 35.4 Å². The number of anilines is 1. The molecule has 0 fully saturated rings. The van der Waals surface area contributed by atoms with E-state index in [4.69, 9.17) is 5.11 Å². The molecule has 2 N–H and O–H groups in total. The highest BCUT2D eigenvalue weighted by molar-refractivity contribution is 5.83. The van der Waals surface area contributed by atoms with Crippen LogP contribution in [0, 0.1) is 0 Å². The summed E-state index contributed by atoms with van der Waals surface area (Å²) in [6.07, 6.45) is -8.99. The smallest absolute Gasteiger partial charge is 0.465 e. The molecule has 0 spiro atoms. The summed E-state index contributed by atoms with van der Waals surface area (Å²) in [6, 6.07) is 11.0. The fourth-order valence-electron chi connectivity index (χ4n) is 1.85. The van der Waals surface area contributed by atoms with E-state index in [1.165, 1.54) is 12.1 Å². The number of amides is 1. The molecule has 0 aliphatic heterocycles. The molecular formula is C17H12F5NO3. The van der Waals surface area contributed by atoms with Crippen molar-refractivity contribution in [2.45, 2.75) is 12.3 Å². The van der Waals surface area contributed by atoms with E-state index in [0.717, 1.165) is 17.7 Å². The Morgan fingerprint density at radius 3 is 1.77 bits per heavy atom. The molecule has 0 saturated heterocycles. The molecule has 0 unspecified atom stereocenters. The lowest BCUT2D eigenvalue weighted by Crippen LogP contribution is -2.41. The maximum atomic E-state index is 12.8. The van der Waals surface area contributed by atoms with Crippen LogP contribution in [0.5, 0.6) is 5.75 Å². The van der Waals surface area contributed by atoms with E-state index in [0.29, 0.717) is 11.3 Å². The van der Waals surface area contributed by atoms with Crippen LogP contribution < -0.4 is 10.1 Å². The van der Waals surface area contributed by atoms with Gasteiger partial charge in [0.2, 0.25) is 0 Å². The Morgan fingerprint density at radius 1 is 0.885 bits per heavy atom. The van der Waals surface area contributed by atoms with Gasteiger partial charge >= 0.3 is 18.4 Å². The van der Waals surface area contributed by atoms with Gasteiger partial charge in [0.15, 0.2) is 0 Å². The van der Waals surface area contributed by atoms with Gasteiger partial charge in [0.25, 0.3) is 0 Å². The summed E-state index contributed by atoms with van der Waals surface area (Å²) in [6.45, 7) is 0. The van der Waals surface area contributed by atoms with Crippen molar-refractivity contribution in [2.24, 2.45) is 0 Å². The molecular weight excluding hydrogens is 361 g/mol. The van der Waals surface area contributed by atoms with Gasteiger partial charge in [0.05, 0.1) is 0 Å². The zero-order valence-corrected chi connectivity index (χ0v) is 12.9. The number of halogens is 5. The van der Waals surface area contributed by atoms with E-state index in [1.807, 2.05) is 0 Å². The van der Waals surface area contributed by atoms with Crippen LogP contribution in [-0.2, 0) is 0 Å². The minimum atomic E-state index is -5.80. The molecule has 0 heterocycles. The fraction of sp³-hybridized carbons (Fsp3) is 0.118. The van der Waals surface area contributed by atoms with Crippen molar-refractivity contribution in [3.63, 3.8) is 0 Å². The molecule has 138 valence electrons. The maximum Gasteiger partial charge on any atom is 0.499 e. The Bertz CT molecular complexity index is 784. The monoisotopic (exact) mass is 373 g/mol. The van der Waals surface area contributed by atoms with Crippen molar-refractivity contribution < 1.29 is 36.6 Å². The van der Waals surface area contributed by atoms with Crippen molar-refractivity contribution in [3.8, 4) is 5.75 Å². The van der Waals surface area contributed by atoms with Gasteiger partial charge in [0, 0.05) is 5.69 Å². The molecule has 0 aromatic heterocycles. The Labute approximate surface area is 144 Å². The zero-order valence-electron chi connectivity index (χ0n) is 12.9. The minimum absolute atomic E-state index is 0.391. The van der Waals surface area contributed by atoms with Crippen LogP contribution in [0.2, 0.25) is 0 Å². The number of carboxylic acid groups (broad SMARTS) is 1. The molecule has 0 atom stereocenters. The van der Waals surface area contributed by atoms with E-state index < -0.39 is 24.1 Å². The number of ether oxygens (including phenoxy) is 1. The molecule has 9 heteroatoms. The predicted octanol–water partition coefficient (Wildman–Crippen LogP) is 5.48. The molecule has 0 radical (unpaired) electrons. The Balaban J connectivity index is 2.02. The SMILES string of the molecule is O=C(O)Nc1ccc(C=Cc2ccc(OC(F)(F)C(F)(F)F)cc2)cc1. The van der Waals surface area contributed by atoms with Crippen molar-refractivity contribution in [2.75, 3.05) is 5.32 Å². The van der Waals surface area contributed by atoms with E-state index in [-0.39, 0.29) is 0 Å². The Kier molecular flexibility index (Phi) is 5.49. The highest BCUT2D eigenvalue weighted by Gasteiger charge is 2.61. The average Bonchev–Trinajstić information content (AvgIpc) is 2.54. The number of rotatable bonds is 5. The van der Waals surface area contributed by atoms with Crippen LogP contribution in [0.25, 0.3) is 12.2 Å². The zero-order chi connectivity index (χ0) is 19.4. The van der Waals surface area contributed by atoms with Gasteiger partial charge in [0.1, 0.15) is 5.75 Å². The summed E-state index contributed by atoms with van der Waals surface area (Å²) in [4.78, 5) is 10.5. The highest BCUT2D eigenvalue weighted by Crippen LogP contribution is 2.37. The first-order chi connectivity index (χ1) is 12.1. The van der Waals surface area contributed by atoms with Crippen molar-refractivity contribution >= 4 is 23.9 Å². The maximum absolute atomic E-state index is 12.8. The average molecular weight is 373 g/mol. The van der Waals surface area contributed by atoms with Crippen LogP contribution in [-0.4, -0.2) is 23.5 Å². The summed E-state index contributed by atoms with van der Waals surface area (Å²) >= 11 is 0. The van der Waals surface area contributed by atoms with E-state index >= 15 is 0 Å². The predicted molar refractivity (Wildman–Crippen MR) is 85.1 cm³/mol. The standard InChI is InChI=1S/C17H12F5NO3/c18-16(19,20)17(21,22)26-14-9-5-12(6-10-14)2-1-11-3-7-13(8-4-11)23-15(24)25/h1-10,23H,(H,24,25). The van der Waals surface area contributed by atoms with Crippen LogP contribution in [0.4, 0.5) is 32.4 Å². The lowest BCUT2D eigenvalue weighted by Gasteiger charge is -2.20. The molecule has 26 heavy (non-hydrogen) atoms. The number of benzene rings is 2. The Morgan fingerprint density at radius 2 is 1.35 bits per heavy atom. The summed E-state index contributed by atoms with van der Waals surface area (Å²) in [5, 5.41) is 10.8. The number of hydrogen-bond acceptors (Lipinski definition) is 2. The summed E-state index contributed by atoms with van der Waals surface area (Å²) in [5.41, 5.74) is 1.66. The lowest BCUT2D eigenvalue weighted by molar-refractivity contribution is -0.360. The topological polar surface area (TPSA) is 58.6 Å². The number of hydrogen-bond donors (Lipinski definition) is 2. The summed E-state index contributed by atoms with van der Waals surface area (Å²) in [7, 11) is 0. The van der Waals surface area contributed by atoms with E-state index in [2.05, 4.69) is 10.1 Å². The molecule has 0 aliphatic carbocycles. The number of nitrogens with one attached hydrogen (secondary N) is 1.